The molecule has 4 aromatic rings. The third-order valence-corrected chi connectivity index (χ3v) is 6.06. The van der Waals surface area contributed by atoms with Crippen molar-refractivity contribution in [2.24, 2.45) is 0 Å². The minimum atomic E-state index is -0.269. The van der Waals surface area contributed by atoms with E-state index in [9.17, 15) is 4.79 Å². The predicted octanol–water partition coefficient (Wildman–Crippen LogP) is 2.91. The highest BCUT2D eigenvalue weighted by molar-refractivity contribution is 6.09. The maximum Gasteiger partial charge on any atom is 0.261 e. The van der Waals surface area contributed by atoms with Gasteiger partial charge >= 0.3 is 0 Å². The smallest absolute Gasteiger partial charge is 0.261 e. The van der Waals surface area contributed by atoms with Gasteiger partial charge in [0.2, 0.25) is 0 Å². The lowest BCUT2D eigenvalue weighted by Gasteiger charge is -2.32. The minimum Gasteiger partial charge on any atom is -0.487 e. The molecule has 0 aliphatic carbocycles. The van der Waals surface area contributed by atoms with Gasteiger partial charge in [-0.2, -0.15) is 5.10 Å². The molecule has 0 atom stereocenters. The number of amides is 1. The summed E-state index contributed by atoms with van der Waals surface area (Å²) >= 11 is 0. The summed E-state index contributed by atoms with van der Waals surface area (Å²) < 4.78 is 9.95. The molecule has 32 heavy (non-hydrogen) atoms. The number of anilines is 2. The zero-order valence-corrected chi connectivity index (χ0v) is 17.9. The van der Waals surface area contributed by atoms with Gasteiger partial charge < -0.3 is 19.5 Å². The van der Waals surface area contributed by atoms with Crippen LogP contribution in [0.1, 0.15) is 35.5 Å². The second-order valence-corrected chi connectivity index (χ2v) is 8.92. The molecule has 0 radical (unpaired) electrons. The fraction of sp³-hybridized carbons (Fsp3) is 0.304. The molecular weight excluding hydrogens is 406 g/mol. The monoisotopic (exact) mass is 429 g/mol. The van der Waals surface area contributed by atoms with Crippen LogP contribution >= 0.6 is 0 Å². The fourth-order valence-electron chi connectivity index (χ4n) is 4.57. The zero-order chi connectivity index (χ0) is 21.9. The van der Waals surface area contributed by atoms with Crippen molar-refractivity contribution in [1.82, 2.24) is 24.1 Å². The summed E-state index contributed by atoms with van der Waals surface area (Å²) in [5.74, 6) is 0.639. The van der Waals surface area contributed by atoms with Gasteiger partial charge in [0, 0.05) is 49.7 Å². The maximum atomic E-state index is 13.2. The zero-order valence-electron chi connectivity index (χ0n) is 17.9. The molecule has 0 bridgehead atoms. The lowest BCUT2D eigenvalue weighted by molar-refractivity contribution is 0.102. The van der Waals surface area contributed by atoms with Crippen molar-refractivity contribution >= 4 is 22.9 Å². The summed E-state index contributed by atoms with van der Waals surface area (Å²) in [4.78, 5) is 24.1. The Morgan fingerprint density at radius 1 is 1.22 bits per heavy atom. The summed E-state index contributed by atoms with van der Waals surface area (Å²) in [5.41, 5.74) is 4.63. The molecule has 2 aliphatic heterocycles. The van der Waals surface area contributed by atoms with E-state index in [-0.39, 0.29) is 11.5 Å². The first-order valence-electron chi connectivity index (χ1n) is 10.7. The van der Waals surface area contributed by atoms with E-state index in [1.165, 1.54) is 0 Å². The number of nitrogens with one attached hydrogen (secondary N) is 1. The predicted molar refractivity (Wildman–Crippen MR) is 119 cm³/mol. The van der Waals surface area contributed by atoms with Crippen molar-refractivity contribution in [2.45, 2.75) is 39.0 Å². The molecule has 9 heteroatoms. The molecule has 0 saturated carbocycles. The SMILES string of the molecule is CC1(C)Cc2cc(NC(=O)c3cnn4cccnc34)c(N3CCn4cncc4C3)cc2O1. The Balaban J connectivity index is 1.39. The maximum absolute atomic E-state index is 13.2. The quantitative estimate of drug-likeness (QED) is 0.539. The summed E-state index contributed by atoms with van der Waals surface area (Å²) in [6.45, 7) is 6.52. The van der Waals surface area contributed by atoms with Crippen LogP contribution in [0.3, 0.4) is 0 Å². The van der Waals surface area contributed by atoms with E-state index in [0.717, 1.165) is 47.9 Å². The molecule has 1 aromatic carbocycles. The summed E-state index contributed by atoms with van der Waals surface area (Å²) in [6, 6.07) is 5.88. The number of carbonyl (C=O) groups is 1. The van der Waals surface area contributed by atoms with Crippen LogP contribution in [-0.4, -0.2) is 42.2 Å². The molecule has 0 unspecified atom stereocenters. The van der Waals surface area contributed by atoms with Crippen molar-refractivity contribution in [3.63, 3.8) is 0 Å². The molecule has 0 spiro atoms. The van der Waals surface area contributed by atoms with Crippen molar-refractivity contribution in [3.05, 3.63) is 66.1 Å². The Kier molecular flexibility index (Phi) is 4.01. The molecule has 5 heterocycles. The van der Waals surface area contributed by atoms with E-state index in [2.05, 4.69) is 49.8 Å². The third kappa shape index (κ3) is 3.08. The van der Waals surface area contributed by atoms with Crippen molar-refractivity contribution in [3.8, 4) is 5.75 Å². The minimum absolute atomic E-state index is 0.236. The Morgan fingerprint density at radius 2 is 2.12 bits per heavy atom. The van der Waals surface area contributed by atoms with Gasteiger partial charge in [-0.3, -0.25) is 4.79 Å². The van der Waals surface area contributed by atoms with E-state index in [0.29, 0.717) is 17.8 Å². The molecular formula is C23H23N7O2. The summed E-state index contributed by atoms with van der Waals surface area (Å²) in [6.07, 6.45) is 9.53. The van der Waals surface area contributed by atoms with Gasteiger partial charge in [-0.15, -0.1) is 0 Å². The van der Waals surface area contributed by atoms with Crippen LogP contribution in [0, 0.1) is 0 Å². The van der Waals surface area contributed by atoms with Crippen LogP contribution < -0.4 is 15.0 Å². The van der Waals surface area contributed by atoms with E-state index in [1.54, 1.807) is 29.2 Å². The van der Waals surface area contributed by atoms with Gasteiger partial charge in [0.25, 0.3) is 5.91 Å². The van der Waals surface area contributed by atoms with Gasteiger partial charge in [-0.1, -0.05) is 0 Å². The third-order valence-electron chi connectivity index (χ3n) is 6.06. The van der Waals surface area contributed by atoms with Crippen LogP contribution in [-0.2, 0) is 19.5 Å². The number of rotatable bonds is 3. The molecule has 2 aliphatic rings. The van der Waals surface area contributed by atoms with Crippen LogP contribution in [0.4, 0.5) is 11.4 Å². The molecule has 0 saturated heterocycles. The largest absolute Gasteiger partial charge is 0.487 e. The second kappa shape index (κ2) is 6.81. The molecule has 6 rings (SSSR count). The Bertz CT molecular complexity index is 1350. The average Bonchev–Trinajstić information content (AvgIpc) is 3.47. The van der Waals surface area contributed by atoms with Crippen LogP contribution in [0.15, 0.2) is 49.3 Å². The standard InChI is InChI=1S/C23H23N7O2/c1-23(2)10-15-8-18(27-22(31)17-12-26-30-5-3-4-25-21(17)30)19(9-20(15)32-23)28-6-7-29-14-24-11-16(29)13-28/h3-5,8-9,11-12,14H,6-7,10,13H2,1-2H3,(H,27,31). The second-order valence-electron chi connectivity index (χ2n) is 8.92. The van der Waals surface area contributed by atoms with Gasteiger partial charge in [0.1, 0.15) is 16.9 Å². The number of ether oxygens (including phenoxy) is 1. The molecule has 162 valence electrons. The first kappa shape index (κ1) is 18.9. The van der Waals surface area contributed by atoms with Crippen LogP contribution in [0.5, 0.6) is 5.75 Å². The first-order chi connectivity index (χ1) is 15.5. The number of carbonyl (C=O) groups excluding carboxylic acids is 1. The lowest BCUT2D eigenvalue weighted by atomic mass is 10.0. The number of imidazole rings is 1. The molecule has 9 nitrogen and oxygen atoms in total. The number of nitrogens with zero attached hydrogens (tertiary/aromatic N) is 6. The Labute approximate surface area is 184 Å². The number of benzene rings is 1. The molecule has 0 fully saturated rings. The fourth-order valence-corrected chi connectivity index (χ4v) is 4.57. The van der Waals surface area contributed by atoms with Crippen LogP contribution in [0.2, 0.25) is 0 Å². The van der Waals surface area contributed by atoms with E-state index >= 15 is 0 Å². The normalized spacial score (nSPS) is 16.5. The van der Waals surface area contributed by atoms with E-state index in [4.69, 9.17) is 4.74 Å². The van der Waals surface area contributed by atoms with Gasteiger partial charge in [-0.05, 0) is 26.0 Å². The number of hydrogen-bond acceptors (Lipinski definition) is 6. The number of hydrogen-bond donors (Lipinski definition) is 1. The summed E-state index contributed by atoms with van der Waals surface area (Å²) in [7, 11) is 0. The van der Waals surface area contributed by atoms with Gasteiger partial charge in [-0.25, -0.2) is 14.5 Å². The van der Waals surface area contributed by atoms with Gasteiger partial charge in [0.15, 0.2) is 5.65 Å². The molecule has 1 N–H and O–H groups in total. The molecule has 1 amide bonds. The van der Waals surface area contributed by atoms with E-state index in [1.807, 2.05) is 18.6 Å². The van der Waals surface area contributed by atoms with E-state index < -0.39 is 0 Å². The highest BCUT2D eigenvalue weighted by atomic mass is 16.5. The van der Waals surface area contributed by atoms with Gasteiger partial charge in [0.05, 0.1) is 36.1 Å². The highest BCUT2D eigenvalue weighted by Crippen LogP contribution is 2.42. The Morgan fingerprint density at radius 3 is 3.03 bits per heavy atom. The highest BCUT2D eigenvalue weighted by Gasteiger charge is 2.32. The molecule has 3 aromatic heterocycles. The Hall–Kier alpha value is -3.88. The van der Waals surface area contributed by atoms with Crippen molar-refractivity contribution in [2.75, 3.05) is 16.8 Å². The first-order valence-corrected chi connectivity index (χ1v) is 10.7. The number of fused-ring (bicyclic) bond motifs is 3. The van der Waals surface area contributed by atoms with Crippen molar-refractivity contribution < 1.29 is 9.53 Å². The topological polar surface area (TPSA) is 89.6 Å². The van der Waals surface area contributed by atoms with Crippen LogP contribution in [0.25, 0.3) is 5.65 Å². The lowest BCUT2D eigenvalue weighted by Crippen LogP contribution is -2.33. The average molecular weight is 429 g/mol. The summed E-state index contributed by atoms with van der Waals surface area (Å²) in [5, 5.41) is 7.37. The number of aromatic nitrogens is 5. The van der Waals surface area contributed by atoms with Crippen molar-refractivity contribution in [1.29, 1.82) is 0 Å².